The van der Waals surface area contributed by atoms with E-state index in [4.69, 9.17) is 0 Å². The minimum Gasteiger partial charge on any atom is -0.507 e. The van der Waals surface area contributed by atoms with Gasteiger partial charge in [-0.1, -0.05) is 12.1 Å². The fraction of sp³-hybridized carbons (Fsp3) is 0.500. The second-order valence-corrected chi connectivity index (χ2v) is 4.97. The Morgan fingerprint density at radius 1 is 1.47 bits per heavy atom. The molecule has 0 bridgehead atoms. The van der Waals surface area contributed by atoms with E-state index < -0.39 is 0 Å². The molecule has 17 heavy (non-hydrogen) atoms. The van der Waals surface area contributed by atoms with E-state index in [-0.39, 0.29) is 17.7 Å². The van der Waals surface area contributed by atoms with Crippen molar-refractivity contribution in [1.82, 2.24) is 4.90 Å². The largest absolute Gasteiger partial charge is 0.507 e. The van der Waals surface area contributed by atoms with Crippen LogP contribution < -0.4 is 0 Å². The average Bonchev–Trinajstić information content (AvgIpc) is 3.14. The molecule has 0 spiro atoms. The molecule has 3 heteroatoms. The average molecular weight is 233 g/mol. The summed E-state index contributed by atoms with van der Waals surface area (Å²) in [6.45, 7) is 3.87. The van der Waals surface area contributed by atoms with Gasteiger partial charge in [0.1, 0.15) is 5.75 Å². The van der Waals surface area contributed by atoms with Gasteiger partial charge in [-0.3, -0.25) is 4.79 Å². The number of para-hydroxylation sites is 1. The predicted octanol–water partition coefficient (Wildman–Crippen LogP) is 2.57. The molecule has 1 N–H and O–H groups in total. The van der Waals surface area contributed by atoms with Gasteiger partial charge in [0.2, 0.25) is 0 Å². The van der Waals surface area contributed by atoms with Crippen LogP contribution in [0.1, 0.15) is 35.7 Å². The van der Waals surface area contributed by atoms with E-state index in [1.807, 2.05) is 7.05 Å². The summed E-state index contributed by atoms with van der Waals surface area (Å²) in [5, 5.41) is 9.91. The number of benzene rings is 1. The molecule has 1 fully saturated rings. The molecule has 0 radical (unpaired) electrons. The third-order valence-electron chi connectivity index (χ3n) is 3.70. The molecular weight excluding hydrogens is 214 g/mol. The van der Waals surface area contributed by atoms with Gasteiger partial charge in [0.05, 0.1) is 5.56 Å². The molecule has 0 aliphatic heterocycles. The summed E-state index contributed by atoms with van der Waals surface area (Å²) >= 11 is 0. The van der Waals surface area contributed by atoms with Crippen LogP contribution in [0.15, 0.2) is 18.2 Å². The number of rotatable bonds is 3. The van der Waals surface area contributed by atoms with Crippen molar-refractivity contribution >= 4 is 5.91 Å². The summed E-state index contributed by atoms with van der Waals surface area (Å²) in [6, 6.07) is 5.54. The highest BCUT2D eigenvalue weighted by Crippen LogP contribution is 2.35. The van der Waals surface area contributed by atoms with Crippen LogP contribution in [-0.2, 0) is 0 Å². The fourth-order valence-corrected chi connectivity index (χ4v) is 2.10. The third kappa shape index (κ3) is 2.28. The van der Waals surface area contributed by atoms with E-state index in [9.17, 15) is 9.90 Å². The van der Waals surface area contributed by atoms with E-state index in [2.05, 4.69) is 6.92 Å². The molecule has 2 rings (SSSR count). The number of phenols is 1. The van der Waals surface area contributed by atoms with E-state index in [0.717, 1.165) is 5.56 Å². The number of phenolic OH excluding ortho intramolecular Hbond substituents is 1. The van der Waals surface area contributed by atoms with Crippen molar-refractivity contribution in [1.29, 1.82) is 0 Å². The Morgan fingerprint density at radius 3 is 2.71 bits per heavy atom. The van der Waals surface area contributed by atoms with Crippen LogP contribution in [0.2, 0.25) is 0 Å². The number of carbonyl (C=O) groups excluding carboxylic acids is 1. The molecule has 1 atom stereocenters. The smallest absolute Gasteiger partial charge is 0.257 e. The SMILES string of the molecule is Cc1cccc(C(=O)N(C)C(C)C2CC2)c1O. The summed E-state index contributed by atoms with van der Waals surface area (Å²) in [5.74, 6) is 0.647. The predicted molar refractivity (Wildman–Crippen MR) is 67.1 cm³/mol. The maximum Gasteiger partial charge on any atom is 0.257 e. The van der Waals surface area contributed by atoms with Crippen molar-refractivity contribution in [2.45, 2.75) is 32.7 Å². The first-order chi connectivity index (χ1) is 8.02. The van der Waals surface area contributed by atoms with Gasteiger partial charge in [0, 0.05) is 13.1 Å². The van der Waals surface area contributed by atoms with Crippen molar-refractivity contribution in [3.8, 4) is 5.75 Å². The van der Waals surface area contributed by atoms with Crippen molar-refractivity contribution in [2.24, 2.45) is 5.92 Å². The van der Waals surface area contributed by atoms with Crippen LogP contribution in [0.5, 0.6) is 5.75 Å². The minimum absolute atomic E-state index is 0.0920. The van der Waals surface area contributed by atoms with E-state index in [0.29, 0.717) is 11.5 Å². The second-order valence-electron chi connectivity index (χ2n) is 4.97. The quantitative estimate of drug-likeness (QED) is 0.871. The molecule has 92 valence electrons. The van der Waals surface area contributed by atoms with Crippen LogP contribution >= 0.6 is 0 Å². The zero-order valence-electron chi connectivity index (χ0n) is 10.6. The van der Waals surface area contributed by atoms with Crippen molar-refractivity contribution in [2.75, 3.05) is 7.05 Å². The number of aryl methyl sites for hydroxylation is 1. The lowest BCUT2D eigenvalue weighted by atomic mass is 10.1. The van der Waals surface area contributed by atoms with E-state index >= 15 is 0 Å². The van der Waals surface area contributed by atoms with Crippen LogP contribution in [0, 0.1) is 12.8 Å². The standard InChI is InChI=1S/C14H19NO2/c1-9-5-4-6-12(13(9)16)14(17)15(3)10(2)11-7-8-11/h4-6,10-11,16H,7-8H2,1-3H3. The number of aromatic hydroxyl groups is 1. The highest BCUT2D eigenvalue weighted by atomic mass is 16.3. The molecule has 1 aliphatic rings. The highest BCUT2D eigenvalue weighted by molar-refractivity contribution is 5.97. The van der Waals surface area contributed by atoms with Crippen LogP contribution in [0.3, 0.4) is 0 Å². The lowest BCUT2D eigenvalue weighted by Gasteiger charge is -2.25. The Hall–Kier alpha value is -1.51. The van der Waals surface area contributed by atoms with Gasteiger partial charge < -0.3 is 10.0 Å². The lowest BCUT2D eigenvalue weighted by Crippen LogP contribution is -2.36. The Kier molecular flexibility index (Phi) is 3.09. The Balaban J connectivity index is 2.21. The van der Waals surface area contributed by atoms with Crippen LogP contribution in [-0.4, -0.2) is 29.0 Å². The summed E-state index contributed by atoms with van der Waals surface area (Å²) < 4.78 is 0. The number of hydrogen-bond acceptors (Lipinski definition) is 2. The van der Waals surface area contributed by atoms with E-state index in [1.165, 1.54) is 12.8 Å². The molecule has 1 aromatic carbocycles. The van der Waals surface area contributed by atoms with E-state index in [1.54, 1.807) is 30.0 Å². The van der Waals surface area contributed by atoms with Gasteiger partial charge in [0.25, 0.3) is 5.91 Å². The molecule has 0 saturated heterocycles. The molecule has 1 aromatic rings. The van der Waals surface area contributed by atoms with Gasteiger partial charge >= 0.3 is 0 Å². The summed E-state index contributed by atoms with van der Waals surface area (Å²) in [6.07, 6.45) is 2.41. The van der Waals surface area contributed by atoms with Gasteiger partial charge in [-0.2, -0.15) is 0 Å². The Bertz CT molecular complexity index is 438. The highest BCUT2D eigenvalue weighted by Gasteiger charge is 2.33. The first-order valence-electron chi connectivity index (χ1n) is 6.08. The minimum atomic E-state index is -0.0920. The first-order valence-corrected chi connectivity index (χ1v) is 6.08. The lowest BCUT2D eigenvalue weighted by molar-refractivity contribution is 0.0724. The maximum absolute atomic E-state index is 12.3. The second kappa shape index (κ2) is 4.40. The molecule has 1 aliphatic carbocycles. The molecule has 1 amide bonds. The molecule has 1 unspecified atom stereocenters. The van der Waals surface area contributed by atoms with Crippen molar-refractivity contribution < 1.29 is 9.90 Å². The monoisotopic (exact) mass is 233 g/mol. The third-order valence-corrected chi connectivity index (χ3v) is 3.70. The van der Waals surface area contributed by atoms with Gasteiger partial charge in [-0.15, -0.1) is 0 Å². The molecule has 3 nitrogen and oxygen atoms in total. The molecule has 1 saturated carbocycles. The fourth-order valence-electron chi connectivity index (χ4n) is 2.10. The number of carbonyl (C=O) groups is 1. The summed E-state index contributed by atoms with van der Waals surface area (Å²) in [7, 11) is 1.81. The Labute approximate surface area is 102 Å². The maximum atomic E-state index is 12.3. The summed E-state index contributed by atoms with van der Waals surface area (Å²) in [5.41, 5.74) is 1.14. The van der Waals surface area contributed by atoms with Crippen molar-refractivity contribution in [3.05, 3.63) is 29.3 Å². The zero-order valence-corrected chi connectivity index (χ0v) is 10.6. The first kappa shape index (κ1) is 12.0. The molecular formula is C14H19NO2. The van der Waals surface area contributed by atoms with Gasteiger partial charge in [-0.25, -0.2) is 0 Å². The van der Waals surface area contributed by atoms with Crippen LogP contribution in [0.25, 0.3) is 0 Å². The molecule has 0 aromatic heterocycles. The molecule has 0 heterocycles. The van der Waals surface area contributed by atoms with Gasteiger partial charge in [-0.05, 0) is 44.2 Å². The van der Waals surface area contributed by atoms with Crippen molar-refractivity contribution in [3.63, 3.8) is 0 Å². The normalized spacial score (nSPS) is 16.6. The van der Waals surface area contributed by atoms with Gasteiger partial charge in [0.15, 0.2) is 0 Å². The Morgan fingerprint density at radius 2 is 2.12 bits per heavy atom. The van der Waals surface area contributed by atoms with Crippen LogP contribution in [0.4, 0.5) is 0 Å². The number of hydrogen-bond donors (Lipinski definition) is 1. The number of nitrogens with zero attached hydrogens (tertiary/aromatic N) is 1. The number of amides is 1. The topological polar surface area (TPSA) is 40.5 Å². The zero-order chi connectivity index (χ0) is 12.6. The summed E-state index contributed by atoms with van der Waals surface area (Å²) in [4.78, 5) is 14.0.